The molecule has 2 aromatic heterocycles. The van der Waals surface area contributed by atoms with Gasteiger partial charge in [0.05, 0.1) is 11.8 Å². The van der Waals surface area contributed by atoms with Crippen molar-refractivity contribution in [2.24, 2.45) is 0 Å². The van der Waals surface area contributed by atoms with Crippen LogP contribution in [0.15, 0.2) is 24.7 Å². The second-order valence-electron chi connectivity index (χ2n) is 2.98. The van der Waals surface area contributed by atoms with E-state index in [-0.39, 0.29) is 17.3 Å². The van der Waals surface area contributed by atoms with E-state index in [4.69, 9.17) is 5.73 Å². The quantitative estimate of drug-likeness (QED) is 0.698. The Bertz CT molecular complexity index is 511. The van der Waals surface area contributed by atoms with Crippen LogP contribution in [0.3, 0.4) is 0 Å². The van der Waals surface area contributed by atoms with Crippen molar-refractivity contribution in [3.8, 4) is 0 Å². The summed E-state index contributed by atoms with van der Waals surface area (Å²) in [6.45, 7) is 0. The molecule has 16 heavy (non-hydrogen) atoms. The maximum atomic E-state index is 12.9. The number of nitrogens with two attached hydrogens (primary N) is 1. The fourth-order valence-corrected chi connectivity index (χ4v) is 1.14. The lowest BCUT2D eigenvalue weighted by molar-refractivity contribution is 0.102. The van der Waals surface area contributed by atoms with Gasteiger partial charge >= 0.3 is 0 Å². The van der Waals surface area contributed by atoms with Gasteiger partial charge in [-0.1, -0.05) is 0 Å². The maximum Gasteiger partial charge on any atom is 0.261 e. The summed E-state index contributed by atoms with van der Waals surface area (Å²) in [5.41, 5.74) is 5.42. The number of carbonyl (C=O) groups excluding carboxylic acids is 1. The minimum absolute atomic E-state index is 0.0311. The van der Waals surface area contributed by atoms with Crippen LogP contribution in [0.25, 0.3) is 0 Å². The van der Waals surface area contributed by atoms with Crippen LogP contribution < -0.4 is 11.1 Å². The molecule has 0 atom stereocenters. The first-order valence-corrected chi connectivity index (χ1v) is 4.38. The molecule has 6 nitrogen and oxygen atoms in total. The SMILES string of the molecule is Nc1ncc(F)cc1C(=O)Nc1ncc[nH]1. The summed E-state index contributed by atoms with van der Waals surface area (Å²) in [5, 5.41) is 2.41. The molecule has 1 amide bonds. The molecule has 2 rings (SSSR count). The molecule has 2 aromatic rings. The second-order valence-corrected chi connectivity index (χ2v) is 2.98. The zero-order chi connectivity index (χ0) is 11.5. The summed E-state index contributed by atoms with van der Waals surface area (Å²) in [6, 6.07) is 1.01. The van der Waals surface area contributed by atoms with E-state index < -0.39 is 11.7 Å². The van der Waals surface area contributed by atoms with Crippen LogP contribution in [0.2, 0.25) is 0 Å². The van der Waals surface area contributed by atoms with Crippen molar-refractivity contribution in [1.29, 1.82) is 0 Å². The highest BCUT2D eigenvalue weighted by atomic mass is 19.1. The molecule has 7 heteroatoms. The number of hydrogen-bond acceptors (Lipinski definition) is 4. The number of nitrogens with one attached hydrogen (secondary N) is 2. The fourth-order valence-electron chi connectivity index (χ4n) is 1.14. The van der Waals surface area contributed by atoms with Crippen molar-refractivity contribution in [2.45, 2.75) is 0 Å². The highest BCUT2D eigenvalue weighted by Crippen LogP contribution is 2.11. The predicted molar refractivity (Wildman–Crippen MR) is 55.1 cm³/mol. The third-order valence-electron chi connectivity index (χ3n) is 1.86. The molecule has 4 N–H and O–H groups in total. The van der Waals surface area contributed by atoms with Crippen LogP contribution in [-0.4, -0.2) is 20.9 Å². The molecule has 0 radical (unpaired) electrons. The summed E-state index contributed by atoms with van der Waals surface area (Å²) in [4.78, 5) is 21.6. The molecular formula is C9H8FN5O. The number of aromatic nitrogens is 3. The molecule has 0 spiro atoms. The second kappa shape index (κ2) is 3.97. The largest absolute Gasteiger partial charge is 0.383 e. The van der Waals surface area contributed by atoms with Crippen molar-refractivity contribution in [2.75, 3.05) is 11.1 Å². The molecule has 82 valence electrons. The number of amides is 1. The van der Waals surface area contributed by atoms with Gasteiger partial charge < -0.3 is 10.7 Å². The zero-order valence-corrected chi connectivity index (χ0v) is 8.07. The van der Waals surface area contributed by atoms with Gasteiger partial charge in [-0.15, -0.1) is 0 Å². The standard InChI is InChI=1S/C9H8FN5O/c10-5-3-6(7(11)14-4-5)8(16)15-9-12-1-2-13-9/h1-4H,(H2,11,14)(H2,12,13,15,16). The number of imidazole rings is 1. The van der Waals surface area contributed by atoms with E-state index in [0.29, 0.717) is 0 Å². The number of rotatable bonds is 2. The third kappa shape index (κ3) is 1.97. The van der Waals surface area contributed by atoms with E-state index >= 15 is 0 Å². The Morgan fingerprint density at radius 1 is 1.50 bits per heavy atom. The summed E-state index contributed by atoms with van der Waals surface area (Å²) in [7, 11) is 0. The Balaban J connectivity index is 2.24. The summed E-state index contributed by atoms with van der Waals surface area (Å²) in [6.07, 6.45) is 3.96. The molecule has 0 aliphatic rings. The van der Waals surface area contributed by atoms with Crippen LogP contribution in [0.4, 0.5) is 16.2 Å². The molecule has 0 aliphatic carbocycles. The van der Waals surface area contributed by atoms with E-state index in [1.807, 2.05) is 0 Å². The lowest BCUT2D eigenvalue weighted by Gasteiger charge is -2.04. The number of nitrogens with zero attached hydrogens (tertiary/aromatic N) is 2. The third-order valence-corrected chi connectivity index (χ3v) is 1.86. The average Bonchev–Trinajstić information content (AvgIpc) is 2.74. The van der Waals surface area contributed by atoms with Crippen LogP contribution >= 0.6 is 0 Å². The number of anilines is 2. The van der Waals surface area contributed by atoms with Crippen molar-refractivity contribution in [3.05, 3.63) is 36.0 Å². The van der Waals surface area contributed by atoms with Gasteiger partial charge in [0.25, 0.3) is 5.91 Å². The number of pyridine rings is 1. The van der Waals surface area contributed by atoms with Gasteiger partial charge in [0, 0.05) is 12.4 Å². The van der Waals surface area contributed by atoms with Crippen molar-refractivity contribution in [1.82, 2.24) is 15.0 Å². The predicted octanol–water partition coefficient (Wildman–Crippen LogP) is 0.778. The lowest BCUT2D eigenvalue weighted by atomic mass is 10.2. The molecule has 0 fully saturated rings. The number of H-pyrrole nitrogens is 1. The first-order chi connectivity index (χ1) is 7.66. The van der Waals surface area contributed by atoms with Gasteiger partial charge in [-0.25, -0.2) is 14.4 Å². The molecule has 0 saturated heterocycles. The minimum Gasteiger partial charge on any atom is -0.383 e. The van der Waals surface area contributed by atoms with Gasteiger partial charge in [0.15, 0.2) is 0 Å². The summed E-state index contributed by atoms with van der Waals surface area (Å²) in [5.74, 6) is -0.975. The van der Waals surface area contributed by atoms with Gasteiger partial charge in [-0.3, -0.25) is 10.1 Å². The Morgan fingerprint density at radius 2 is 2.31 bits per heavy atom. The zero-order valence-electron chi connectivity index (χ0n) is 8.07. The van der Waals surface area contributed by atoms with E-state index in [2.05, 4.69) is 20.3 Å². The average molecular weight is 221 g/mol. The van der Waals surface area contributed by atoms with Crippen molar-refractivity contribution >= 4 is 17.7 Å². The topological polar surface area (TPSA) is 96.7 Å². The smallest absolute Gasteiger partial charge is 0.261 e. The Labute approximate surface area is 89.7 Å². The molecular weight excluding hydrogens is 213 g/mol. The van der Waals surface area contributed by atoms with E-state index in [1.165, 1.54) is 6.20 Å². The number of carbonyl (C=O) groups is 1. The normalized spacial score (nSPS) is 10.1. The molecule has 0 aromatic carbocycles. The molecule has 2 heterocycles. The highest BCUT2D eigenvalue weighted by Gasteiger charge is 2.12. The van der Waals surface area contributed by atoms with Gasteiger partial charge in [-0.2, -0.15) is 0 Å². The van der Waals surface area contributed by atoms with Crippen LogP contribution in [0.5, 0.6) is 0 Å². The number of hydrogen-bond donors (Lipinski definition) is 3. The fraction of sp³-hybridized carbons (Fsp3) is 0. The highest BCUT2D eigenvalue weighted by molar-refractivity contribution is 6.06. The van der Waals surface area contributed by atoms with Crippen molar-refractivity contribution < 1.29 is 9.18 Å². The molecule has 0 aliphatic heterocycles. The number of nitrogen functional groups attached to an aromatic ring is 1. The summed E-state index contributed by atoms with van der Waals surface area (Å²) < 4.78 is 12.9. The molecule has 0 unspecified atom stereocenters. The van der Waals surface area contributed by atoms with E-state index in [1.54, 1.807) is 6.20 Å². The van der Waals surface area contributed by atoms with E-state index in [0.717, 1.165) is 12.3 Å². The van der Waals surface area contributed by atoms with E-state index in [9.17, 15) is 9.18 Å². The first-order valence-electron chi connectivity index (χ1n) is 4.38. The van der Waals surface area contributed by atoms with Crippen LogP contribution in [0.1, 0.15) is 10.4 Å². The van der Waals surface area contributed by atoms with Gasteiger partial charge in [0.1, 0.15) is 11.6 Å². The molecule has 0 saturated carbocycles. The lowest BCUT2D eigenvalue weighted by Crippen LogP contribution is -2.16. The van der Waals surface area contributed by atoms with Gasteiger partial charge in [-0.05, 0) is 6.07 Å². The monoisotopic (exact) mass is 221 g/mol. The van der Waals surface area contributed by atoms with Gasteiger partial charge in [0.2, 0.25) is 5.95 Å². The Hall–Kier alpha value is -2.44. The Kier molecular flexibility index (Phi) is 2.50. The van der Waals surface area contributed by atoms with Crippen LogP contribution in [-0.2, 0) is 0 Å². The minimum atomic E-state index is -0.626. The Morgan fingerprint density at radius 3 is 3.00 bits per heavy atom. The van der Waals surface area contributed by atoms with Crippen LogP contribution in [0, 0.1) is 5.82 Å². The number of halogens is 1. The van der Waals surface area contributed by atoms with Crippen molar-refractivity contribution in [3.63, 3.8) is 0 Å². The maximum absolute atomic E-state index is 12.9. The number of aromatic amines is 1. The summed E-state index contributed by atoms with van der Waals surface area (Å²) >= 11 is 0. The first kappa shape index (κ1) is 10.1. The molecule has 0 bridgehead atoms.